The minimum atomic E-state index is 0. The molecule has 0 N–H and O–H groups in total. The van der Waals surface area contributed by atoms with Crippen molar-refractivity contribution in [2.75, 3.05) is 19.6 Å². The monoisotopic (exact) mass is 159 g/mol. The molecule has 0 aliphatic rings. The zero-order chi connectivity index (χ0) is 5.70. The molecule has 0 amide bonds. The van der Waals surface area contributed by atoms with Crippen LogP contribution in [0.2, 0.25) is 0 Å². The average Bonchev–Trinajstić information content (AvgIpc) is 1.72. The Labute approximate surface area is 86.9 Å². The molecule has 0 aromatic carbocycles. The summed E-state index contributed by atoms with van der Waals surface area (Å²) in [7, 11) is 0. The van der Waals surface area contributed by atoms with Gasteiger partial charge in [-0.3, -0.25) is 0 Å². The summed E-state index contributed by atoms with van der Waals surface area (Å²) in [6, 6.07) is 0. The Hall–Kier alpha value is 1.25. The maximum atomic E-state index is 2.38. The first kappa shape index (κ1) is 16.7. The molecule has 0 bridgehead atoms. The molecule has 0 aromatic rings. The van der Waals surface area contributed by atoms with Crippen LogP contribution in [0.5, 0.6) is 0 Å². The Kier molecular flexibility index (Phi) is 22.2. The van der Waals surface area contributed by atoms with Crippen LogP contribution in [0.15, 0.2) is 0 Å². The van der Waals surface area contributed by atoms with E-state index < -0.39 is 0 Å². The topological polar surface area (TPSA) is 3.24 Å². The van der Waals surface area contributed by atoms with Gasteiger partial charge in [-0.15, -0.1) is 0 Å². The summed E-state index contributed by atoms with van der Waals surface area (Å²) < 4.78 is 0. The fourth-order valence-electron chi connectivity index (χ4n) is 0.671. The third-order valence-corrected chi connectivity index (χ3v) is 1.34. The van der Waals surface area contributed by atoms with Crippen LogP contribution in [-0.4, -0.2) is 24.5 Å². The van der Waals surface area contributed by atoms with Gasteiger partial charge in [0.15, 0.2) is 0 Å². The van der Waals surface area contributed by atoms with Crippen LogP contribution < -0.4 is 42.0 Å². The van der Waals surface area contributed by atoms with Crippen molar-refractivity contribution >= 4 is 0 Å². The molecule has 0 aliphatic carbocycles. The Bertz CT molecular complexity index is 34.5. The van der Waals surface area contributed by atoms with Gasteiger partial charge in [0.05, 0.1) is 0 Å². The molecule has 0 spiro atoms. The van der Waals surface area contributed by atoms with E-state index in [0.717, 1.165) is 0 Å². The Morgan fingerprint density at radius 2 is 1.11 bits per heavy atom. The molecule has 1 nitrogen and oxygen atoms in total. The molecular weight excluding hydrogens is 145 g/mol. The maximum absolute atomic E-state index is 2.38. The molecule has 0 heterocycles. The summed E-state index contributed by atoms with van der Waals surface area (Å²) in [5.74, 6) is 0. The third kappa shape index (κ3) is 9.25. The predicted molar refractivity (Wildman–Crippen MR) is 33.5 cm³/mol. The number of hydrogen-bond donors (Lipinski definition) is 0. The largest absolute Gasteiger partial charge is 1.00 e. The molecule has 0 fully saturated rings. The van der Waals surface area contributed by atoms with Crippen molar-refractivity contribution in [1.82, 2.24) is 4.90 Å². The van der Waals surface area contributed by atoms with Gasteiger partial charge in [0.2, 0.25) is 0 Å². The molecular formula is C6H15ClNNa. The fourth-order valence-corrected chi connectivity index (χ4v) is 0.671. The van der Waals surface area contributed by atoms with Crippen molar-refractivity contribution in [3.8, 4) is 0 Å². The van der Waals surface area contributed by atoms with E-state index >= 15 is 0 Å². The standard InChI is InChI=1S/C6H15N.ClH.Na/c1-4-7(5-2)6-3;;/h4-6H2,1-3H3;1H;/q;;+1/p-1. The first-order valence-electron chi connectivity index (χ1n) is 3.07. The van der Waals surface area contributed by atoms with E-state index in [0.29, 0.717) is 0 Å². The van der Waals surface area contributed by atoms with Gasteiger partial charge in [0, 0.05) is 0 Å². The number of hydrogen-bond acceptors (Lipinski definition) is 1. The van der Waals surface area contributed by atoms with E-state index in [-0.39, 0.29) is 42.0 Å². The molecule has 0 atom stereocenters. The average molecular weight is 160 g/mol. The molecule has 0 unspecified atom stereocenters. The molecule has 0 radical (unpaired) electrons. The van der Waals surface area contributed by atoms with Crippen LogP contribution in [0.4, 0.5) is 0 Å². The fraction of sp³-hybridized carbons (Fsp3) is 1.00. The second-order valence-electron chi connectivity index (χ2n) is 1.62. The van der Waals surface area contributed by atoms with Gasteiger partial charge in [0.25, 0.3) is 0 Å². The van der Waals surface area contributed by atoms with Crippen LogP contribution in [0.1, 0.15) is 20.8 Å². The van der Waals surface area contributed by atoms with E-state index in [1.165, 1.54) is 19.6 Å². The molecule has 0 saturated heterocycles. The smallest absolute Gasteiger partial charge is 1.00 e. The van der Waals surface area contributed by atoms with Gasteiger partial charge in [-0.1, -0.05) is 20.8 Å². The second-order valence-corrected chi connectivity index (χ2v) is 1.62. The van der Waals surface area contributed by atoms with Gasteiger partial charge in [0.1, 0.15) is 0 Å². The van der Waals surface area contributed by atoms with Gasteiger partial charge in [-0.05, 0) is 19.6 Å². The summed E-state index contributed by atoms with van der Waals surface area (Å²) in [5.41, 5.74) is 0. The minimum absolute atomic E-state index is 0. The Morgan fingerprint density at radius 3 is 1.11 bits per heavy atom. The SMILES string of the molecule is CCN(CC)CC.[Cl-].[Na+]. The zero-order valence-corrected chi connectivity index (χ0v) is 9.70. The second kappa shape index (κ2) is 12.0. The number of rotatable bonds is 3. The minimum Gasteiger partial charge on any atom is -1.00 e. The van der Waals surface area contributed by atoms with Crippen LogP contribution in [-0.2, 0) is 0 Å². The number of nitrogens with zero attached hydrogens (tertiary/aromatic N) is 1. The van der Waals surface area contributed by atoms with Crippen molar-refractivity contribution < 1.29 is 42.0 Å². The third-order valence-electron chi connectivity index (χ3n) is 1.34. The summed E-state index contributed by atoms with van der Waals surface area (Å²) in [6.45, 7) is 10.1. The molecule has 9 heavy (non-hydrogen) atoms. The van der Waals surface area contributed by atoms with E-state index in [1.54, 1.807) is 0 Å². The summed E-state index contributed by atoms with van der Waals surface area (Å²) in [6.07, 6.45) is 0. The molecule has 0 saturated carbocycles. The molecule has 0 aromatic heterocycles. The van der Waals surface area contributed by atoms with E-state index in [9.17, 15) is 0 Å². The van der Waals surface area contributed by atoms with Gasteiger partial charge in [-0.25, -0.2) is 0 Å². The summed E-state index contributed by atoms with van der Waals surface area (Å²) in [4.78, 5) is 2.38. The normalized spacial score (nSPS) is 8.00. The van der Waals surface area contributed by atoms with Crippen LogP contribution in [0.3, 0.4) is 0 Å². The van der Waals surface area contributed by atoms with Gasteiger partial charge < -0.3 is 17.3 Å². The van der Waals surface area contributed by atoms with E-state index in [1.807, 2.05) is 0 Å². The van der Waals surface area contributed by atoms with Crippen molar-refractivity contribution in [3.63, 3.8) is 0 Å². The first-order valence-corrected chi connectivity index (χ1v) is 3.07. The molecule has 52 valence electrons. The van der Waals surface area contributed by atoms with Crippen molar-refractivity contribution in [1.29, 1.82) is 0 Å². The van der Waals surface area contributed by atoms with E-state index in [2.05, 4.69) is 25.7 Å². The van der Waals surface area contributed by atoms with Gasteiger partial charge >= 0.3 is 29.6 Å². The Balaban J connectivity index is -0.000000180. The van der Waals surface area contributed by atoms with E-state index in [4.69, 9.17) is 0 Å². The van der Waals surface area contributed by atoms with Crippen LogP contribution in [0.25, 0.3) is 0 Å². The molecule has 0 rings (SSSR count). The predicted octanol–water partition coefficient (Wildman–Crippen LogP) is -4.64. The van der Waals surface area contributed by atoms with Crippen molar-refractivity contribution in [3.05, 3.63) is 0 Å². The van der Waals surface area contributed by atoms with Crippen LogP contribution >= 0.6 is 0 Å². The molecule has 3 heteroatoms. The van der Waals surface area contributed by atoms with Crippen molar-refractivity contribution in [2.45, 2.75) is 20.8 Å². The van der Waals surface area contributed by atoms with Crippen molar-refractivity contribution in [2.24, 2.45) is 0 Å². The number of halogens is 1. The quantitative estimate of drug-likeness (QED) is 0.375. The Morgan fingerprint density at radius 1 is 0.889 bits per heavy atom. The first-order chi connectivity index (χ1) is 3.35. The van der Waals surface area contributed by atoms with Gasteiger partial charge in [-0.2, -0.15) is 0 Å². The van der Waals surface area contributed by atoms with Crippen LogP contribution in [0, 0.1) is 0 Å². The maximum Gasteiger partial charge on any atom is 1.00 e. The zero-order valence-electron chi connectivity index (χ0n) is 6.95. The molecule has 0 aliphatic heterocycles. The summed E-state index contributed by atoms with van der Waals surface area (Å²) in [5, 5.41) is 0. The summed E-state index contributed by atoms with van der Waals surface area (Å²) >= 11 is 0.